The quantitative estimate of drug-likeness (QED) is 0.383. The zero-order chi connectivity index (χ0) is 23.2. The number of halogens is 2. The third-order valence-corrected chi connectivity index (χ3v) is 7.20. The van der Waals surface area contributed by atoms with Gasteiger partial charge in [0.1, 0.15) is 23.3 Å². The molecule has 0 spiro atoms. The molecule has 1 aliphatic heterocycles. The molecule has 6 heteroatoms. The minimum Gasteiger partial charge on any atom is -0.485 e. The number of benzene rings is 2. The van der Waals surface area contributed by atoms with E-state index in [9.17, 15) is 9.18 Å². The summed E-state index contributed by atoms with van der Waals surface area (Å²) < 4.78 is 26.8. The highest BCUT2D eigenvalue weighted by Crippen LogP contribution is 2.37. The average Bonchev–Trinajstić information content (AvgIpc) is 2.74. The van der Waals surface area contributed by atoms with Crippen molar-refractivity contribution < 1.29 is 13.5 Å². The van der Waals surface area contributed by atoms with Gasteiger partial charge in [-0.2, -0.15) is 0 Å². The molecule has 3 aromatic rings. The molecular formula is C26H29BrFNO3. The summed E-state index contributed by atoms with van der Waals surface area (Å²) >= 11 is 3.26. The molecule has 4 nitrogen and oxygen atoms in total. The number of hydrogen-bond donors (Lipinski definition) is 0. The van der Waals surface area contributed by atoms with E-state index in [-0.39, 0.29) is 15.7 Å². The molecular weight excluding hydrogens is 473 g/mol. The molecule has 170 valence electrons. The number of nitrogens with zero attached hydrogens (tertiary/aromatic N) is 1. The van der Waals surface area contributed by atoms with Gasteiger partial charge < -0.3 is 14.1 Å². The fourth-order valence-corrected chi connectivity index (χ4v) is 4.66. The highest BCUT2D eigenvalue weighted by atomic mass is 79.9. The number of ether oxygens (including phenoxy) is 1. The second-order valence-corrected chi connectivity index (χ2v) is 10.3. The first kappa shape index (κ1) is 22.8. The predicted molar refractivity (Wildman–Crippen MR) is 130 cm³/mol. The van der Waals surface area contributed by atoms with Gasteiger partial charge in [-0.15, -0.1) is 0 Å². The molecule has 1 fully saturated rings. The maximum atomic E-state index is 14.0. The molecule has 0 N–H and O–H groups in total. The highest BCUT2D eigenvalue weighted by Gasteiger charge is 2.29. The van der Waals surface area contributed by atoms with Gasteiger partial charge in [0.25, 0.3) is 0 Å². The fraction of sp³-hybridized carbons (Fsp3) is 0.423. The molecule has 32 heavy (non-hydrogen) atoms. The Morgan fingerprint density at radius 2 is 1.88 bits per heavy atom. The van der Waals surface area contributed by atoms with Crippen LogP contribution >= 0.6 is 15.9 Å². The van der Waals surface area contributed by atoms with Crippen molar-refractivity contribution >= 4 is 32.8 Å². The third-order valence-electron chi connectivity index (χ3n) is 6.43. The highest BCUT2D eigenvalue weighted by molar-refractivity contribution is 9.10. The van der Waals surface area contributed by atoms with Gasteiger partial charge in [0, 0.05) is 18.7 Å². The molecule has 2 heterocycles. The Bertz CT molecular complexity index is 1220. The van der Waals surface area contributed by atoms with Crippen LogP contribution in [0.3, 0.4) is 0 Å². The van der Waals surface area contributed by atoms with Gasteiger partial charge in [-0.05, 0) is 84.8 Å². The van der Waals surface area contributed by atoms with E-state index in [1.165, 1.54) is 6.07 Å². The topological polar surface area (TPSA) is 42.7 Å². The van der Waals surface area contributed by atoms with E-state index in [0.717, 1.165) is 37.1 Å². The lowest BCUT2D eigenvalue weighted by molar-refractivity contribution is 0.224. The van der Waals surface area contributed by atoms with Crippen molar-refractivity contribution in [2.75, 3.05) is 18.0 Å². The molecule has 1 atom stereocenters. The number of fused-ring (bicyclic) bond motifs is 1. The molecule has 0 saturated carbocycles. The Labute approximate surface area is 196 Å². The number of anilines is 1. The van der Waals surface area contributed by atoms with E-state index in [2.05, 4.69) is 34.7 Å². The summed E-state index contributed by atoms with van der Waals surface area (Å²) in [4.78, 5) is 15.5. The average molecular weight is 502 g/mol. The zero-order valence-corrected chi connectivity index (χ0v) is 20.8. The van der Waals surface area contributed by atoms with Crippen LogP contribution in [0.5, 0.6) is 5.75 Å². The predicted octanol–water partition coefficient (Wildman–Crippen LogP) is 7.08. The van der Waals surface area contributed by atoms with Gasteiger partial charge in [0.15, 0.2) is 5.43 Å². The van der Waals surface area contributed by atoms with Gasteiger partial charge in [0.2, 0.25) is 5.88 Å². The number of aryl methyl sites for hydroxylation is 1. The molecule has 0 amide bonds. The van der Waals surface area contributed by atoms with Crippen LogP contribution in [0.2, 0.25) is 0 Å². The van der Waals surface area contributed by atoms with Crippen LogP contribution < -0.4 is 15.1 Å². The maximum Gasteiger partial charge on any atom is 0.202 e. The van der Waals surface area contributed by atoms with E-state index >= 15 is 0 Å². The van der Waals surface area contributed by atoms with E-state index < -0.39 is 6.10 Å². The summed E-state index contributed by atoms with van der Waals surface area (Å²) in [5.74, 6) is 0.656. The van der Waals surface area contributed by atoms with Crippen molar-refractivity contribution in [3.63, 3.8) is 0 Å². The van der Waals surface area contributed by atoms with Crippen LogP contribution in [-0.2, 0) is 0 Å². The Morgan fingerprint density at radius 1 is 1.19 bits per heavy atom. The van der Waals surface area contributed by atoms with Crippen molar-refractivity contribution in [3.05, 3.63) is 67.5 Å². The second-order valence-electron chi connectivity index (χ2n) is 9.56. The molecule has 1 unspecified atom stereocenters. The smallest absolute Gasteiger partial charge is 0.202 e. The van der Waals surface area contributed by atoms with E-state index in [1.54, 1.807) is 12.1 Å². The van der Waals surface area contributed by atoms with Crippen molar-refractivity contribution in [1.82, 2.24) is 0 Å². The van der Waals surface area contributed by atoms with Crippen LogP contribution in [0.1, 0.15) is 56.4 Å². The molecule has 0 aliphatic carbocycles. The zero-order valence-electron chi connectivity index (χ0n) is 19.2. The van der Waals surface area contributed by atoms with Gasteiger partial charge >= 0.3 is 0 Å². The molecule has 4 rings (SSSR count). The lowest BCUT2D eigenvalue weighted by Gasteiger charge is -2.37. The molecule has 0 bridgehead atoms. The molecule has 2 aromatic carbocycles. The largest absolute Gasteiger partial charge is 0.485 e. The number of piperidine rings is 1. The summed E-state index contributed by atoms with van der Waals surface area (Å²) in [5, 5.41) is 0.548. The first-order chi connectivity index (χ1) is 15.1. The summed E-state index contributed by atoms with van der Waals surface area (Å²) in [6.07, 6.45) is 1.64. The van der Waals surface area contributed by atoms with Gasteiger partial charge in [-0.1, -0.05) is 19.9 Å². The fourth-order valence-electron chi connectivity index (χ4n) is 4.30. The lowest BCUT2D eigenvalue weighted by Crippen LogP contribution is -2.38. The monoisotopic (exact) mass is 501 g/mol. The van der Waals surface area contributed by atoms with Crippen LogP contribution in [-0.4, -0.2) is 13.1 Å². The van der Waals surface area contributed by atoms with Crippen LogP contribution in [0, 0.1) is 25.1 Å². The van der Waals surface area contributed by atoms with Crippen LogP contribution in [0.4, 0.5) is 10.3 Å². The minimum absolute atomic E-state index is 0.0184. The normalized spacial score (nSPS) is 16.9. The van der Waals surface area contributed by atoms with Crippen molar-refractivity contribution in [1.29, 1.82) is 0 Å². The summed E-state index contributed by atoms with van der Waals surface area (Å²) in [7, 11) is 0. The summed E-state index contributed by atoms with van der Waals surface area (Å²) in [6.45, 7) is 11.9. The number of hydrogen-bond acceptors (Lipinski definition) is 4. The Balaban J connectivity index is 1.80. The van der Waals surface area contributed by atoms with Crippen molar-refractivity contribution in [2.24, 2.45) is 5.41 Å². The Hall–Kier alpha value is -2.34. The minimum atomic E-state index is -0.450. The standard InChI is InChI=1S/C26H29BrFNO3/c1-15-13-18(17(3)31-21-8-6-7-20(28)22(21)27)24-19(14-15)23(30)16(2)25(32-24)29-11-9-26(4,5)10-12-29/h6-8,13-14,17H,9-12H2,1-5H3. The van der Waals surface area contributed by atoms with Gasteiger partial charge in [0.05, 0.1) is 15.4 Å². The van der Waals surface area contributed by atoms with Crippen LogP contribution in [0.15, 0.2) is 44.0 Å². The number of rotatable bonds is 4. The first-order valence-electron chi connectivity index (χ1n) is 11.0. The van der Waals surface area contributed by atoms with E-state index in [1.807, 2.05) is 32.9 Å². The van der Waals surface area contributed by atoms with Crippen molar-refractivity contribution in [2.45, 2.75) is 53.6 Å². The summed E-state index contributed by atoms with van der Waals surface area (Å²) in [5.41, 5.74) is 3.16. The molecule has 1 aromatic heterocycles. The van der Waals surface area contributed by atoms with Crippen LogP contribution in [0.25, 0.3) is 11.0 Å². The van der Waals surface area contributed by atoms with Gasteiger partial charge in [-0.3, -0.25) is 4.79 Å². The molecule has 0 radical (unpaired) electrons. The first-order valence-corrected chi connectivity index (χ1v) is 11.8. The van der Waals surface area contributed by atoms with Gasteiger partial charge in [-0.25, -0.2) is 4.39 Å². The van der Waals surface area contributed by atoms with Crippen molar-refractivity contribution in [3.8, 4) is 5.75 Å². The third kappa shape index (κ3) is 4.29. The SMILES string of the molecule is Cc1cc(C(C)Oc2cccc(F)c2Br)c2oc(N3CCC(C)(C)CC3)c(C)c(=O)c2c1. The Morgan fingerprint density at radius 3 is 2.56 bits per heavy atom. The van der Waals surface area contributed by atoms with E-state index in [4.69, 9.17) is 9.15 Å². The lowest BCUT2D eigenvalue weighted by atomic mass is 9.82. The molecule has 1 aliphatic rings. The molecule has 1 saturated heterocycles. The Kier molecular flexibility index (Phi) is 6.10. The maximum absolute atomic E-state index is 14.0. The van der Waals surface area contributed by atoms with E-state index in [0.29, 0.717) is 33.6 Å². The summed E-state index contributed by atoms with van der Waals surface area (Å²) in [6, 6.07) is 8.53. The second kappa shape index (κ2) is 8.54.